The molecule has 0 atom stereocenters. The summed E-state index contributed by atoms with van der Waals surface area (Å²) in [7, 11) is 0. The van der Waals surface area contributed by atoms with Crippen LogP contribution in [0.15, 0.2) is 17.6 Å². The van der Waals surface area contributed by atoms with Gasteiger partial charge in [-0.1, -0.05) is 0 Å². The molecule has 2 heterocycles. The van der Waals surface area contributed by atoms with Crippen molar-refractivity contribution in [3.8, 4) is 0 Å². The van der Waals surface area contributed by atoms with Crippen LogP contribution in [0.4, 0.5) is 16.6 Å². The number of aromatic nitrogens is 2. The number of hydrogen-bond donors (Lipinski definition) is 3. The summed E-state index contributed by atoms with van der Waals surface area (Å²) in [4.78, 5) is 19.5. The number of anilines is 3. The van der Waals surface area contributed by atoms with E-state index in [1.54, 1.807) is 0 Å². The van der Waals surface area contributed by atoms with E-state index in [1.807, 2.05) is 5.38 Å². The number of aromatic carboxylic acids is 1. The average molecular weight is 276 g/mol. The van der Waals surface area contributed by atoms with Gasteiger partial charge in [0.05, 0.1) is 16.9 Å². The van der Waals surface area contributed by atoms with Crippen LogP contribution in [-0.2, 0) is 0 Å². The SMILES string of the molecule is Nc1c(C(=O)O)ccnc1Nc1nc(C2CC2)cs1. The average Bonchev–Trinajstić information content (AvgIpc) is 3.12. The summed E-state index contributed by atoms with van der Waals surface area (Å²) in [6, 6.07) is 1.38. The molecule has 98 valence electrons. The summed E-state index contributed by atoms with van der Waals surface area (Å²) in [5.74, 6) is -0.153. The number of nitrogen functional groups attached to an aromatic ring is 1. The van der Waals surface area contributed by atoms with Crippen LogP contribution in [0.1, 0.15) is 34.8 Å². The Hall–Kier alpha value is -2.15. The Morgan fingerprint density at radius 1 is 1.53 bits per heavy atom. The molecule has 7 heteroatoms. The lowest BCUT2D eigenvalue weighted by atomic mass is 10.2. The van der Waals surface area contributed by atoms with Crippen molar-refractivity contribution in [1.29, 1.82) is 0 Å². The molecule has 0 bridgehead atoms. The third-order valence-corrected chi connectivity index (χ3v) is 3.74. The van der Waals surface area contributed by atoms with E-state index in [9.17, 15) is 4.79 Å². The molecule has 1 aliphatic rings. The number of nitrogens with zero attached hydrogens (tertiary/aromatic N) is 2. The summed E-state index contributed by atoms with van der Waals surface area (Å²) in [5.41, 5.74) is 7.03. The van der Waals surface area contributed by atoms with Crippen molar-refractivity contribution in [1.82, 2.24) is 9.97 Å². The minimum absolute atomic E-state index is 0.0384. The van der Waals surface area contributed by atoms with Crippen LogP contribution in [0.2, 0.25) is 0 Å². The highest BCUT2D eigenvalue weighted by Crippen LogP contribution is 2.41. The molecule has 4 N–H and O–H groups in total. The third-order valence-electron chi connectivity index (χ3n) is 2.96. The Bertz CT molecular complexity index is 636. The van der Waals surface area contributed by atoms with Gasteiger partial charge in [-0.2, -0.15) is 0 Å². The molecule has 1 aliphatic carbocycles. The molecule has 2 aromatic rings. The van der Waals surface area contributed by atoms with Crippen molar-refractivity contribution in [3.05, 3.63) is 28.9 Å². The highest BCUT2D eigenvalue weighted by atomic mass is 32.1. The van der Waals surface area contributed by atoms with Crippen LogP contribution in [0.25, 0.3) is 0 Å². The fourth-order valence-electron chi connectivity index (χ4n) is 1.77. The number of thiazole rings is 1. The van der Waals surface area contributed by atoms with E-state index in [0.717, 1.165) is 5.69 Å². The Balaban J connectivity index is 1.85. The summed E-state index contributed by atoms with van der Waals surface area (Å²) >= 11 is 1.47. The summed E-state index contributed by atoms with van der Waals surface area (Å²) < 4.78 is 0. The van der Waals surface area contributed by atoms with Crippen LogP contribution in [0.3, 0.4) is 0 Å². The molecule has 19 heavy (non-hydrogen) atoms. The van der Waals surface area contributed by atoms with Gasteiger partial charge in [-0.3, -0.25) is 0 Å². The van der Waals surface area contributed by atoms with E-state index in [0.29, 0.717) is 16.9 Å². The van der Waals surface area contributed by atoms with Gasteiger partial charge in [-0.25, -0.2) is 14.8 Å². The standard InChI is InChI=1S/C12H12N4O2S/c13-9-7(11(17)18)3-4-14-10(9)16-12-15-8(5-19-12)6-1-2-6/h3-6H,1-2,13H2,(H,17,18)(H,14,15,16). The van der Waals surface area contributed by atoms with Crippen LogP contribution >= 0.6 is 11.3 Å². The Morgan fingerprint density at radius 2 is 2.32 bits per heavy atom. The Morgan fingerprint density at radius 3 is 3.00 bits per heavy atom. The topological polar surface area (TPSA) is 101 Å². The van der Waals surface area contributed by atoms with Crippen molar-refractivity contribution >= 4 is 33.9 Å². The van der Waals surface area contributed by atoms with E-state index >= 15 is 0 Å². The number of carboxylic acid groups (broad SMARTS) is 1. The largest absolute Gasteiger partial charge is 0.478 e. The third kappa shape index (κ3) is 2.37. The monoisotopic (exact) mass is 276 g/mol. The first kappa shape index (κ1) is 11.9. The highest BCUT2D eigenvalue weighted by molar-refractivity contribution is 7.13. The van der Waals surface area contributed by atoms with Crippen LogP contribution in [0.5, 0.6) is 0 Å². The minimum Gasteiger partial charge on any atom is -0.478 e. The second-order valence-electron chi connectivity index (χ2n) is 4.40. The van der Waals surface area contributed by atoms with Crippen LogP contribution in [0, 0.1) is 0 Å². The zero-order valence-corrected chi connectivity index (χ0v) is 10.8. The molecule has 0 amide bonds. The number of nitrogens with two attached hydrogens (primary N) is 1. The summed E-state index contributed by atoms with van der Waals surface area (Å²) in [6.07, 6.45) is 3.80. The van der Waals surface area contributed by atoms with Crippen LogP contribution < -0.4 is 11.1 Å². The first-order chi connectivity index (χ1) is 9.15. The lowest BCUT2D eigenvalue weighted by Gasteiger charge is -2.07. The molecule has 2 aromatic heterocycles. The van der Waals surface area contributed by atoms with Crippen molar-refractivity contribution < 1.29 is 9.90 Å². The molecule has 0 saturated heterocycles. The molecule has 0 unspecified atom stereocenters. The number of carboxylic acids is 1. The predicted octanol–water partition coefficient (Wildman–Crippen LogP) is 2.44. The Kier molecular flexibility index (Phi) is 2.83. The van der Waals surface area contributed by atoms with Crippen molar-refractivity contribution in [2.75, 3.05) is 11.1 Å². The highest BCUT2D eigenvalue weighted by Gasteiger charge is 2.26. The number of hydrogen-bond acceptors (Lipinski definition) is 6. The molecule has 3 rings (SSSR count). The van der Waals surface area contributed by atoms with E-state index in [4.69, 9.17) is 10.8 Å². The summed E-state index contributed by atoms with van der Waals surface area (Å²) in [6.45, 7) is 0. The van der Waals surface area contributed by atoms with E-state index < -0.39 is 5.97 Å². The number of carbonyl (C=O) groups is 1. The molecule has 0 aliphatic heterocycles. The van der Waals surface area contributed by atoms with Gasteiger partial charge in [0.1, 0.15) is 0 Å². The zero-order valence-electron chi connectivity index (χ0n) is 9.96. The van der Waals surface area contributed by atoms with Crippen molar-refractivity contribution in [2.24, 2.45) is 0 Å². The van der Waals surface area contributed by atoms with Gasteiger partial charge in [-0.05, 0) is 18.9 Å². The molecular weight excluding hydrogens is 264 g/mol. The maximum Gasteiger partial charge on any atom is 0.337 e. The summed E-state index contributed by atoms with van der Waals surface area (Å²) in [5, 5.41) is 14.7. The van der Waals surface area contributed by atoms with Gasteiger partial charge in [0, 0.05) is 17.5 Å². The molecule has 0 spiro atoms. The van der Waals surface area contributed by atoms with Gasteiger partial charge in [0.2, 0.25) is 0 Å². The molecule has 1 saturated carbocycles. The normalized spacial score (nSPS) is 14.3. The van der Waals surface area contributed by atoms with Crippen molar-refractivity contribution in [3.63, 3.8) is 0 Å². The van der Waals surface area contributed by atoms with E-state index in [2.05, 4.69) is 15.3 Å². The van der Waals surface area contributed by atoms with Gasteiger partial charge in [-0.15, -0.1) is 11.3 Å². The lowest BCUT2D eigenvalue weighted by molar-refractivity contribution is 0.0698. The fraction of sp³-hybridized carbons (Fsp3) is 0.250. The molecule has 1 fully saturated rings. The first-order valence-electron chi connectivity index (χ1n) is 5.85. The number of rotatable bonds is 4. The minimum atomic E-state index is -1.07. The number of pyridine rings is 1. The predicted molar refractivity (Wildman–Crippen MR) is 73.0 cm³/mol. The van der Waals surface area contributed by atoms with Gasteiger partial charge >= 0.3 is 5.97 Å². The smallest absolute Gasteiger partial charge is 0.337 e. The molecular formula is C12H12N4O2S. The van der Waals surface area contributed by atoms with Crippen molar-refractivity contribution in [2.45, 2.75) is 18.8 Å². The molecule has 0 radical (unpaired) electrons. The van der Waals surface area contributed by atoms with Gasteiger partial charge in [0.25, 0.3) is 0 Å². The van der Waals surface area contributed by atoms with E-state index in [1.165, 1.54) is 36.4 Å². The second-order valence-corrected chi connectivity index (χ2v) is 5.26. The van der Waals surface area contributed by atoms with Gasteiger partial charge < -0.3 is 16.2 Å². The number of nitrogens with one attached hydrogen (secondary N) is 1. The molecule has 0 aromatic carbocycles. The second kappa shape index (κ2) is 4.51. The fourth-order valence-corrected chi connectivity index (χ4v) is 2.56. The first-order valence-corrected chi connectivity index (χ1v) is 6.73. The molecule has 6 nitrogen and oxygen atoms in total. The maximum absolute atomic E-state index is 11.0. The zero-order chi connectivity index (χ0) is 13.4. The van der Waals surface area contributed by atoms with Gasteiger partial charge in [0.15, 0.2) is 10.9 Å². The Labute approximate surface area is 113 Å². The lowest BCUT2D eigenvalue weighted by Crippen LogP contribution is -2.06. The van der Waals surface area contributed by atoms with E-state index in [-0.39, 0.29) is 11.3 Å². The van der Waals surface area contributed by atoms with Crippen LogP contribution in [-0.4, -0.2) is 21.0 Å². The quantitative estimate of drug-likeness (QED) is 0.792. The maximum atomic E-state index is 11.0.